The summed E-state index contributed by atoms with van der Waals surface area (Å²) in [6, 6.07) is 14.6. The van der Waals surface area contributed by atoms with Crippen LogP contribution in [0, 0.1) is 11.8 Å². The quantitative estimate of drug-likeness (QED) is 0.753. The molecule has 2 amide bonds. The average Bonchev–Trinajstić information content (AvgIpc) is 3.43. The van der Waals surface area contributed by atoms with Gasteiger partial charge >= 0.3 is 0 Å². The molecule has 1 aliphatic rings. The van der Waals surface area contributed by atoms with Gasteiger partial charge in [0.25, 0.3) is 0 Å². The number of carbonyl (C=O) groups is 3. The van der Waals surface area contributed by atoms with Crippen LogP contribution in [-0.4, -0.2) is 17.6 Å². The Hall–Kier alpha value is -2.95. The normalized spacial score (nSPS) is 18.1. The number of Topliss-reactive ketones (excluding diaryl/α,β-unsaturated/α-hetero) is 1. The number of benzene rings is 2. The van der Waals surface area contributed by atoms with Crippen molar-refractivity contribution in [1.29, 1.82) is 0 Å². The van der Waals surface area contributed by atoms with Crippen molar-refractivity contribution in [3.05, 3.63) is 59.7 Å². The second-order valence-corrected chi connectivity index (χ2v) is 7.34. The van der Waals surface area contributed by atoms with E-state index in [-0.39, 0.29) is 29.4 Å². The van der Waals surface area contributed by atoms with Crippen LogP contribution in [0.25, 0.3) is 0 Å². The van der Waals surface area contributed by atoms with Crippen LogP contribution in [0.4, 0.5) is 11.4 Å². The van der Waals surface area contributed by atoms with E-state index < -0.39 is 0 Å². The lowest BCUT2D eigenvalue weighted by Crippen LogP contribution is -2.20. The lowest BCUT2D eigenvalue weighted by Gasteiger charge is -2.09. The maximum atomic E-state index is 12.4. The van der Waals surface area contributed by atoms with Gasteiger partial charge in [0.2, 0.25) is 11.8 Å². The molecule has 5 nitrogen and oxygen atoms in total. The highest BCUT2D eigenvalue weighted by molar-refractivity contribution is 6.04. The van der Waals surface area contributed by atoms with E-state index in [1.54, 1.807) is 24.3 Å². The zero-order valence-electron chi connectivity index (χ0n) is 15.8. The summed E-state index contributed by atoms with van der Waals surface area (Å²) in [5.41, 5.74) is 3.07. The van der Waals surface area contributed by atoms with Gasteiger partial charge in [-0.3, -0.25) is 14.4 Å². The number of nitrogens with one attached hydrogen (secondary N) is 2. The zero-order chi connectivity index (χ0) is 19.6. The van der Waals surface area contributed by atoms with Crippen molar-refractivity contribution in [1.82, 2.24) is 0 Å². The lowest BCUT2D eigenvalue weighted by atomic mass is 10.0. The molecule has 2 unspecified atom stereocenters. The van der Waals surface area contributed by atoms with E-state index in [9.17, 15) is 14.4 Å². The fourth-order valence-corrected chi connectivity index (χ4v) is 3.01. The summed E-state index contributed by atoms with van der Waals surface area (Å²) in [5, 5.41) is 5.68. The third-order valence-electron chi connectivity index (χ3n) is 4.85. The molecule has 27 heavy (non-hydrogen) atoms. The average molecular weight is 364 g/mol. The van der Waals surface area contributed by atoms with E-state index in [4.69, 9.17) is 0 Å². The van der Waals surface area contributed by atoms with Crippen molar-refractivity contribution in [3.8, 4) is 0 Å². The van der Waals surface area contributed by atoms with Crippen molar-refractivity contribution in [3.63, 3.8) is 0 Å². The topological polar surface area (TPSA) is 75.3 Å². The molecule has 0 radical (unpaired) electrons. The summed E-state index contributed by atoms with van der Waals surface area (Å²) in [6.07, 6.45) is 0.536. The van der Waals surface area contributed by atoms with Crippen LogP contribution in [0.3, 0.4) is 0 Å². The standard InChI is InChI=1S/C22H24N2O3/c1-13(2)15-7-9-17(10-8-15)23-21(26)19-12-20(19)22(27)24-18-6-4-5-16(11-18)14(3)25/h4-11,13,19-20H,12H2,1-3H3,(H,23,26)(H,24,27). The first kappa shape index (κ1) is 18.8. The predicted octanol–water partition coefficient (Wildman–Crippen LogP) is 4.23. The van der Waals surface area contributed by atoms with E-state index in [0.29, 0.717) is 23.6 Å². The zero-order valence-corrected chi connectivity index (χ0v) is 15.8. The van der Waals surface area contributed by atoms with Crippen LogP contribution < -0.4 is 10.6 Å². The molecule has 0 aromatic heterocycles. The van der Waals surface area contributed by atoms with E-state index in [2.05, 4.69) is 24.5 Å². The fourth-order valence-electron chi connectivity index (χ4n) is 3.01. The second-order valence-electron chi connectivity index (χ2n) is 7.34. The number of hydrogen-bond donors (Lipinski definition) is 2. The molecule has 2 aromatic rings. The van der Waals surface area contributed by atoms with Gasteiger partial charge in [-0.25, -0.2) is 0 Å². The van der Waals surface area contributed by atoms with E-state index in [0.717, 1.165) is 5.69 Å². The second kappa shape index (κ2) is 7.74. The number of amides is 2. The molecule has 2 N–H and O–H groups in total. The van der Waals surface area contributed by atoms with Crippen LogP contribution in [0.1, 0.15) is 49.0 Å². The van der Waals surface area contributed by atoms with Crippen molar-refractivity contribution in [2.45, 2.75) is 33.1 Å². The minimum atomic E-state index is -0.332. The highest BCUT2D eigenvalue weighted by Crippen LogP contribution is 2.40. The van der Waals surface area contributed by atoms with Crippen molar-refractivity contribution < 1.29 is 14.4 Å². The van der Waals surface area contributed by atoms with Gasteiger partial charge in [-0.15, -0.1) is 0 Å². The molecule has 0 aliphatic heterocycles. The Morgan fingerprint density at radius 3 is 2.04 bits per heavy atom. The minimum Gasteiger partial charge on any atom is -0.326 e. The molecule has 0 spiro atoms. The first-order valence-electron chi connectivity index (χ1n) is 9.18. The van der Waals surface area contributed by atoms with Crippen LogP contribution in [0.2, 0.25) is 0 Å². The third-order valence-corrected chi connectivity index (χ3v) is 4.85. The molecule has 140 valence electrons. The third kappa shape index (κ3) is 4.61. The Morgan fingerprint density at radius 1 is 0.889 bits per heavy atom. The monoisotopic (exact) mass is 364 g/mol. The highest BCUT2D eigenvalue weighted by Gasteiger charge is 2.48. The summed E-state index contributed by atoms with van der Waals surface area (Å²) < 4.78 is 0. The Bertz CT molecular complexity index is 871. The van der Waals surface area contributed by atoms with Gasteiger partial charge in [0.15, 0.2) is 5.78 Å². The smallest absolute Gasteiger partial charge is 0.228 e. The molecule has 3 rings (SSSR count). The van der Waals surface area contributed by atoms with Crippen LogP contribution in [0.15, 0.2) is 48.5 Å². The molecule has 0 bridgehead atoms. The van der Waals surface area contributed by atoms with Gasteiger partial charge < -0.3 is 10.6 Å². The van der Waals surface area contributed by atoms with Crippen LogP contribution in [-0.2, 0) is 9.59 Å². The van der Waals surface area contributed by atoms with Gasteiger partial charge in [-0.2, -0.15) is 0 Å². The molecule has 1 fully saturated rings. The van der Waals surface area contributed by atoms with Gasteiger partial charge in [-0.1, -0.05) is 38.1 Å². The summed E-state index contributed by atoms with van der Waals surface area (Å²) in [5.74, 6) is -0.589. The summed E-state index contributed by atoms with van der Waals surface area (Å²) in [4.78, 5) is 36.2. The molecule has 1 aliphatic carbocycles. The highest BCUT2D eigenvalue weighted by atomic mass is 16.2. The predicted molar refractivity (Wildman–Crippen MR) is 106 cm³/mol. The summed E-state index contributed by atoms with van der Waals surface area (Å²) in [7, 11) is 0. The van der Waals surface area contributed by atoms with E-state index in [1.165, 1.54) is 12.5 Å². The van der Waals surface area contributed by atoms with Gasteiger partial charge in [0.1, 0.15) is 0 Å². The summed E-state index contributed by atoms with van der Waals surface area (Å²) in [6.45, 7) is 5.72. The Balaban J connectivity index is 1.55. The Kier molecular flexibility index (Phi) is 5.40. The number of ketones is 1. The first-order valence-corrected chi connectivity index (χ1v) is 9.18. The number of hydrogen-bond acceptors (Lipinski definition) is 3. The molecule has 0 saturated heterocycles. The summed E-state index contributed by atoms with van der Waals surface area (Å²) >= 11 is 0. The van der Waals surface area contributed by atoms with E-state index in [1.807, 2.05) is 24.3 Å². The molecule has 0 heterocycles. The molecule has 2 aromatic carbocycles. The Labute approximate surface area is 159 Å². The number of rotatable bonds is 6. The van der Waals surface area contributed by atoms with Crippen molar-refractivity contribution in [2.75, 3.05) is 10.6 Å². The molecule has 5 heteroatoms. The number of carbonyl (C=O) groups excluding carboxylic acids is 3. The van der Waals surface area contributed by atoms with Gasteiger partial charge in [0.05, 0.1) is 11.8 Å². The molecule has 2 atom stereocenters. The minimum absolute atomic E-state index is 0.0572. The first-order chi connectivity index (χ1) is 12.8. The van der Waals surface area contributed by atoms with Crippen LogP contribution >= 0.6 is 0 Å². The molecule has 1 saturated carbocycles. The van der Waals surface area contributed by atoms with Gasteiger partial charge in [0, 0.05) is 16.9 Å². The molecular formula is C22H24N2O3. The maximum Gasteiger partial charge on any atom is 0.228 e. The fraction of sp³-hybridized carbons (Fsp3) is 0.318. The lowest BCUT2D eigenvalue weighted by molar-refractivity contribution is -0.122. The van der Waals surface area contributed by atoms with Crippen molar-refractivity contribution >= 4 is 29.0 Å². The van der Waals surface area contributed by atoms with E-state index >= 15 is 0 Å². The largest absolute Gasteiger partial charge is 0.326 e. The maximum absolute atomic E-state index is 12.4. The van der Waals surface area contributed by atoms with Crippen molar-refractivity contribution in [2.24, 2.45) is 11.8 Å². The Morgan fingerprint density at radius 2 is 1.48 bits per heavy atom. The van der Waals surface area contributed by atoms with Crippen LogP contribution in [0.5, 0.6) is 0 Å². The number of anilines is 2. The SMILES string of the molecule is CC(=O)c1cccc(NC(=O)C2CC2C(=O)Nc2ccc(C(C)C)cc2)c1. The van der Waals surface area contributed by atoms with Gasteiger partial charge in [-0.05, 0) is 49.1 Å². The molecular weight excluding hydrogens is 340 g/mol.